The zero-order valence-corrected chi connectivity index (χ0v) is 15.7. The first kappa shape index (κ1) is 18.0. The second-order valence-corrected chi connectivity index (χ2v) is 6.95. The number of fused-ring (bicyclic) bond motifs is 3. The van der Waals surface area contributed by atoms with Gasteiger partial charge < -0.3 is 20.4 Å². The SMILES string of the molecule is CC(=O)OCCN(C)c1nc2c([nH]1)c(N)nc1cccc(CC(C)C)c12. The summed E-state index contributed by atoms with van der Waals surface area (Å²) in [5.74, 6) is 1.34. The number of nitrogen functional groups attached to an aromatic ring is 1. The van der Waals surface area contributed by atoms with E-state index in [0.29, 0.717) is 30.8 Å². The largest absolute Gasteiger partial charge is 0.464 e. The van der Waals surface area contributed by atoms with Crippen LogP contribution in [0.5, 0.6) is 0 Å². The zero-order chi connectivity index (χ0) is 18.8. The molecule has 0 spiro atoms. The highest BCUT2D eigenvalue weighted by molar-refractivity contribution is 6.08. The highest BCUT2D eigenvalue weighted by atomic mass is 16.5. The molecule has 0 aliphatic carbocycles. The van der Waals surface area contributed by atoms with Crippen molar-refractivity contribution in [3.8, 4) is 0 Å². The number of nitrogens with one attached hydrogen (secondary N) is 1. The van der Waals surface area contributed by atoms with Gasteiger partial charge in [0.25, 0.3) is 0 Å². The number of H-pyrrole nitrogens is 1. The maximum Gasteiger partial charge on any atom is 0.302 e. The predicted octanol–water partition coefficient (Wildman–Crippen LogP) is 2.89. The number of aromatic nitrogens is 3. The molecular formula is C19H25N5O2. The number of rotatable bonds is 6. The van der Waals surface area contributed by atoms with Crippen LogP contribution in [0.15, 0.2) is 18.2 Å². The molecule has 0 atom stereocenters. The van der Waals surface area contributed by atoms with Crippen LogP contribution in [0.3, 0.4) is 0 Å². The summed E-state index contributed by atoms with van der Waals surface area (Å²) in [6.07, 6.45) is 0.947. The lowest BCUT2D eigenvalue weighted by atomic mass is 9.98. The van der Waals surface area contributed by atoms with Gasteiger partial charge in [0.2, 0.25) is 5.95 Å². The summed E-state index contributed by atoms with van der Waals surface area (Å²) in [5.41, 5.74) is 9.80. The normalized spacial score (nSPS) is 11.4. The molecule has 0 fully saturated rings. The maximum atomic E-state index is 10.9. The molecule has 0 aliphatic rings. The molecule has 0 aliphatic heterocycles. The van der Waals surface area contributed by atoms with Crippen molar-refractivity contribution in [3.63, 3.8) is 0 Å². The van der Waals surface area contributed by atoms with Crippen molar-refractivity contribution in [2.45, 2.75) is 27.2 Å². The fourth-order valence-corrected chi connectivity index (χ4v) is 3.09. The van der Waals surface area contributed by atoms with Crippen LogP contribution in [0.25, 0.3) is 21.9 Å². The molecule has 0 unspecified atom stereocenters. The number of esters is 1. The molecule has 7 nitrogen and oxygen atoms in total. The Labute approximate surface area is 152 Å². The van der Waals surface area contributed by atoms with Crippen molar-refractivity contribution in [3.05, 3.63) is 23.8 Å². The Kier molecular flexibility index (Phi) is 4.97. The molecule has 26 heavy (non-hydrogen) atoms. The second kappa shape index (κ2) is 7.19. The van der Waals surface area contributed by atoms with Crippen molar-refractivity contribution in [2.24, 2.45) is 5.92 Å². The highest BCUT2D eigenvalue weighted by Crippen LogP contribution is 2.31. The maximum absolute atomic E-state index is 10.9. The topological polar surface area (TPSA) is 97.1 Å². The second-order valence-electron chi connectivity index (χ2n) is 6.95. The number of pyridine rings is 1. The number of nitrogens with zero attached hydrogens (tertiary/aromatic N) is 3. The zero-order valence-electron chi connectivity index (χ0n) is 15.7. The van der Waals surface area contributed by atoms with E-state index in [9.17, 15) is 4.79 Å². The number of ether oxygens (including phenoxy) is 1. The molecule has 1 aromatic carbocycles. The number of hydrogen-bond acceptors (Lipinski definition) is 6. The van der Waals surface area contributed by atoms with Gasteiger partial charge in [0.1, 0.15) is 23.5 Å². The molecule has 3 N–H and O–H groups in total. The van der Waals surface area contributed by atoms with E-state index < -0.39 is 0 Å². The predicted molar refractivity (Wildman–Crippen MR) is 104 cm³/mol. The summed E-state index contributed by atoms with van der Waals surface area (Å²) >= 11 is 0. The average Bonchev–Trinajstić information content (AvgIpc) is 3.00. The lowest BCUT2D eigenvalue weighted by Crippen LogP contribution is -2.24. The number of carbonyl (C=O) groups is 1. The molecule has 3 aromatic rings. The van der Waals surface area contributed by atoms with Crippen LogP contribution in [-0.4, -0.2) is 41.1 Å². The average molecular weight is 355 g/mol. The minimum absolute atomic E-state index is 0.291. The molecule has 2 aromatic heterocycles. The fourth-order valence-electron chi connectivity index (χ4n) is 3.09. The number of benzene rings is 1. The molecule has 0 amide bonds. The molecule has 0 saturated heterocycles. The molecule has 138 valence electrons. The molecule has 0 saturated carbocycles. The first-order valence-electron chi connectivity index (χ1n) is 8.78. The molecule has 0 radical (unpaired) electrons. The van der Waals surface area contributed by atoms with Crippen LogP contribution >= 0.6 is 0 Å². The number of carbonyl (C=O) groups excluding carboxylic acids is 1. The van der Waals surface area contributed by atoms with Crippen LogP contribution < -0.4 is 10.6 Å². The van der Waals surface area contributed by atoms with Gasteiger partial charge in [-0.25, -0.2) is 9.97 Å². The van der Waals surface area contributed by atoms with Crippen molar-refractivity contribution in [2.75, 3.05) is 30.8 Å². The number of aromatic amines is 1. The van der Waals surface area contributed by atoms with Crippen LogP contribution in [0.1, 0.15) is 26.3 Å². The Morgan fingerprint density at radius 2 is 2.12 bits per heavy atom. The third-order valence-electron chi connectivity index (χ3n) is 4.28. The first-order valence-corrected chi connectivity index (χ1v) is 8.78. The standard InChI is InChI=1S/C19H25N5O2/c1-11(2)10-13-6-5-7-14-15(13)16-17(18(20)21-14)23-19(22-16)24(4)8-9-26-12(3)25/h5-7,11H,8-10H2,1-4H3,(H2,20,21)(H,22,23). The first-order chi connectivity index (χ1) is 12.4. The summed E-state index contributed by atoms with van der Waals surface area (Å²) in [7, 11) is 1.89. The van der Waals surface area contributed by atoms with Crippen LogP contribution in [0.4, 0.5) is 11.8 Å². The third-order valence-corrected chi connectivity index (χ3v) is 4.28. The monoisotopic (exact) mass is 355 g/mol. The number of imidazole rings is 1. The van der Waals surface area contributed by atoms with E-state index in [1.807, 2.05) is 24.1 Å². The number of likely N-dealkylation sites (N-methyl/N-ethyl adjacent to an activating group) is 1. The van der Waals surface area contributed by atoms with Gasteiger partial charge in [-0.2, -0.15) is 0 Å². The lowest BCUT2D eigenvalue weighted by Gasteiger charge is -2.15. The fraction of sp³-hybridized carbons (Fsp3) is 0.421. The van der Waals surface area contributed by atoms with E-state index in [1.165, 1.54) is 12.5 Å². The summed E-state index contributed by atoms with van der Waals surface area (Å²) in [6, 6.07) is 6.10. The molecule has 7 heteroatoms. The summed E-state index contributed by atoms with van der Waals surface area (Å²) < 4.78 is 5.01. The molecule has 0 bridgehead atoms. The van der Waals surface area contributed by atoms with Crippen LogP contribution in [0, 0.1) is 5.92 Å². The van der Waals surface area contributed by atoms with E-state index in [2.05, 4.69) is 29.9 Å². The van der Waals surface area contributed by atoms with Gasteiger partial charge in [0.15, 0.2) is 0 Å². The summed E-state index contributed by atoms with van der Waals surface area (Å²) in [4.78, 5) is 25.4. The van der Waals surface area contributed by atoms with Gasteiger partial charge in [-0.1, -0.05) is 26.0 Å². The molecule has 3 rings (SSSR count). The van der Waals surface area contributed by atoms with Crippen LogP contribution in [0.2, 0.25) is 0 Å². The van der Waals surface area contributed by atoms with Gasteiger partial charge in [-0.05, 0) is 24.0 Å². The Balaban J connectivity index is 2.05. The van der Waals surface area contributed by atoms with Crippen molar-refractivity contribution in [1.82, 2.24) is 15.0 Å². The Bertz CT molecular complexity index is 948. The van der Waals surface area contributed by atoms with E-state index in [1.54, 1.807) is 0 Å². The quantitative estimate of drug-likeness (QED) is 0.660. The number of nitrogens with two attached hydrogens (primary N) is 1. The van der Waals surface area contributed by atoms with E-state index >= 15 is 0 Å². The Hall–Kier alpha value is -2.83. The highest BCUT2D eigenvalue weighted by Gasteiger charge is 2.16. The third kappa shape index (κ3) is 3.56. The van der Waals surface area contributed by atoms with Gasteiger partial charge in [-0.3, -0.25) is 4.79 Å². The molecule has 2 heterocycles. The number of anilines is 2. The summed E-state index contributed by atoms with van der Waals surface area (Å²) in [6.45, 7) is 6.62. The van der Waals surface area contributed by atoms with Gasteiger partial charge in [0.05, 0.1) is 12.1 Å². The van der Waals surface area contributed by atoms with Gasteiger partial charge >= 0.3 is 5.97 Å². The smallest absolute Gasteiger partial charge is 0.302 e. The van der Waals surface area contributed by atoms with Crippen LogP contribution in [-0.2, 0) is 16.0 Å². The van der Waals surface area contributed by atoms with Crippen molar-refractivity contribution in [1.29, 1.82) is 0 Å². The van der Waals surface area contributed by atoms with Gasteiger partial charge in [0, 0.05) is 19.4 Å². The van der Waals surface area contributed by atoms with E-state index in [0.717, 1.165) is 28.4 Å². The van der Waals surface area contributed by atoms with E-state index in [4.69, 9.17) is 15.5 Å². The minimum atomic E-state index is -0.291. The lowest BCUT2D eigenvalue weighted by molar-refractivity contribution is -0.140. The van der Waals surface area contributed by atoms with Crippen molar-refractivity contribution < 1.29 is 9.53 Å². The van der Waals surface area contributed by atoms with Gasteiger partial charge in [-0.15, -0.1) is 0 Å². The van der Waals surface area contributed by atoms with Crippen molar-refractivity contribution >= 4 is 39.7 Å². The Morgan fingerprint density at radius 1 is 1.35 bits per heavy atom. The summed E-state index contributed by atoms with van der Waals surface area (Å²) in [5, 5.41) is 1.04. The Morgan fingerprint density at radius 3 is 2.81 bits per heavy atom. The van der Waals surface area contributed by atoms with E-state index in [-0.39, 0.29) is 5.97 Å². The molecular weight excluding hydrogens is 330 g/mol. The minimum Gasteiger partial charge on any atom is -0.464 e. The number of hydrogen-bond donors (Lipinski definition) is 2.